The molecule has 196 valence electrons. The first-order valence-electron chi connectivity index (χ1n) is 12.4. The van der Waals surface area contributed by atoms with Gasteiger partial charge in [0.25, 0.3) is 11.8 Å². The molecule has 2 heterocycles. The van der Waals surface area contributed by atoms with Crippen molar-refractivity contribution in [2.45, 2.75) is 88.8 Å². The molecule has 2 aliphatic heterocycles. The SMILES string of the molecule is CCCCS(=O)(=O)NC(=O)C12CC1/C=C/CCCCCC(OC(N)=O)C(=O)N1CCCC1C(=O)N2. The predicted octanol–water partition coefficient (Wildman–Crippen LogP) is 1.08. The van der Waals surface area contributed by atoms with E-state index in [0.29, 0.717) is 45.1 Å². The lowest BCUT2D eigenvalue weighted by Gasteiger charge is -2.29. The predicted molar refractivity (Wildman–Crippen MR) is 127 cm³/mol. The number of ether oxygens (including phenoxy) is 1. The minimum Gasteiger partial charge on any atom is -0.436 e. The molecule has 0 aromatic heterocycles. The Balaban J connectivity index is 1.84. The Hall–Kier alpha value is -2.63. The van der Waals surface area contributed by atoms with Crippen molar-refractivity contribution in [3.8, 4) is 0 Å². The molecule has 3 rings (SSSR count). The third-order valence-corrected chi connectivity index (χ3v) is 8.18. The second kappa shape index (κ2) is 11.4. The number of amides is 4. The lowest BCUT2D eigenvalue weighted by molar-refractivity contribution is -0.146. The van der Waals surface area contributed by atoms with E-state index in [0.717, 1.165) is 19.3 Å². The summed E-state index contributed by atoms with van der Waals surface area (Å²) in [5, 5.41) is 2.77. The van der Waals surface area contributed by atoms with Gasteiger partial charge in [0.2, 0.25) is 15.9 Å². The van der Waals surface area contributed by atoms with E-state index in [9.17, 15) is 27.6 Å². The van der Waals surface area contributed by atoms with E-state index >= 15 is 0 Å². The molecule has 4 atom stereocenters. The average Bonchev–Trinajstić information content (AvgIpc) is 3.25. The van der Waals surface area contributed by atoms with Gasteiger partial charge in [0.05, 0.1) is 5.75 Å². The Labute approximate surface area is 206 Å². The Morgan fingerprint density at radius 2 is 2.00 bits per heavy atom. The van der Waals surface area contributed by atoms with Crippen LogP contribution >= 0.6 is 0 Å². The summed E-state index contributed by atoms with van der Waals surface area (Å²) >= 11 is 0. The molecule has 12 heteroatoms. The van der Waals surface area contributed by atoms with E-state index in [4.69, 9.17) is 10.5 Å². The van der Waals surface area contributed by atoms with Crippen LogP contribution in [0.4, 0.5) is 4.79 Å². The molecule has 4 N–H and O–H groups in total. The number of fused-ring (bicyclic) bond motifs is 2. The molecule has 1 saturated carbocycles. The molecule has 0 radical (unpaired) electrons. The molecule has 1 aliphatic carbocycles. The molecule has 2 fully saturated rings. The van der Waals surface area contributed by atoms with E-state index in [1.165, 1.54) is 4.90 Å². The first-order valence-corrected chi connectivity index (χ1v) is 14.0. The van der Waals surface area contributed by atoms with Crippen LogP contribution in [-0.4, -0.2) is 67.1 Å². The van der Waals surface area contributed by atoms with Crippen LogP contribution in [0.1, 0.15) is 71.1 Å². The smallest absolute Gasteiger partial charge is 0.405 e. The highest BCUT2D eigenvalue weighted by molar-refractivity contribution is 7.90. The highest BCUT2D eigenvalue weighted by Crippen LogP contribution is 2.45. The van der Waals surface area contributed by atoms with E-state index in [1.807, 2.05) is 19.1 Å². The summed E-state index contributed by atoms with van der Waals surface area (Å²) in [6.07, 6.45) is 7.26. The maximum atomic E-state index is 13.3. The molecule has 1 saturated heterocycles. The van der Waals surface area contributed by atoms with Gasteiger partial charge < -0.3 is 20.7 Å². The Bertz CT molecular complexity index is 967. The number of primary amides is 1. The van der Waals surface area contributed by atoms with Gasteiger partial charge in [-0.05, 0) is 51.4 Å². The zero-order valence-electron chi connectivity index (χ0n) is 20.2. The van der Waals surface area contributed by atoms with Crippen molar-refractivity contribution in [3.05, 3.63) is 12.2 Å². The van der Waals surface area contributed by atoms with Crippen molar-refractivity contribution < 1.29 is 32.3 Å². The van der Waals surface area contributed by atoms with E-state index in [2.05, 4.69) is 10.0 Å². The minimum atomic E-state index is -3.83. The highest BCUT2D eigenvalue weighted by atomic mass is 32.2. The van der Waals surface area contributed by atoms with Gasteiger partial charge in [0, 0.05) is 12.5 Å². The van der Waals surface area contributed by atoms with Crippen molar-refractivity contribution in [2.24, 2.45) is 11.7 Å². The van der Waals surface area contributed by atoms with Gasteiger partial charge in [-0.1, -0.05) is 31.9 Å². The number of unbranched alkanes of at least 4 members (excludes halogenated alkanes) is 1. The molecule has 11 nitrogen and oxygen atoms in total. The number of hydrogen-bond donors (Lipinski definition) is 3. The molecular formula is C23H36N4O7S. The zero-order valence-corrected chi connectivity index (χ0v) is 21.0. The van der Waals surface area contributed by atoms with Gasteiger partial charge in [-0.25, -0.2) is 13.2 Å². The number of hydrogen-bond acceptors (Lipinski definition) is 7. The molecule has 0 aromatic carbocycles. The van der Waals surface area contributed by atoms with Crippen LogP contribution < -0.4 is 15.8 Å². The number of allylic oxidation sites excluding steroid dienone is 1. The van der Waals surface area contributed by atoms with Gasteiger partial charge in [-0.2, -0.15) is 0 Å². The second-order valence-corrected chi connectivity index (χ2v) is 11.4. The molecule has 0 spiro atoms. The number of rotatable bonds is 6. The summed E-state index contributed by atoms with van der Waals surface area (Å²) < 4.78 is 31.9. The fourth-order valence-electron chi connectivity index (χ4n) is 4.79. The molecular weight excluding hydrogens is 476 g/mol. The topological polar surface area (TPSA) is 165 Å². The minimum absolute atomic E-state index is 0.175. The third-order valence-electron chi connectivity index (χ3n) is 6.86. The van der Waals surface area contributed by atoms with Crippen LogP contribution in [-0.2, 0) is 29.1 Å². The Morgan fingerprint density at radius 1 is 1.23 bits per heavy atom. The molecule has 35 heavy (non-hydrogen) atoms. The second-order valence-electron chi connectivity index (χ2n) is 9.56. The summed E-state index contributed by atoms with van der Waals surface area (Å²) in [6, 6.07) is -0.849. The summed E-state index contributed by atoms with van der Waals surface area (Å²) in [6.45, 7) is 2.16. The molecule has 4 amide bonds. The number of nitrogens with two attached hydrogens (primary N) is 1. The van der Waals surface area contributed by atoms with Crippen molar-refractivity contribution in [1.82, 2.24) is 14.9 Å². The van der Waals surface area contributed by atoms with Gasteiger partial charge in [0.15, 0.2) is 6.10 Å². The van der Waals surface area contributed by atoms with Gasteiger partial charge in [0.1, 0.15) is 11.6 Å². The first-order chi connectivity index (χ1) is 16.6. The zero-order chi connectivity index (χ0) is 25.6. The normalized spacial score (nSPS) is 30.7. The Kier molecular flexibility index (Phi) is 8.79. The lowest BCUT2D eigenvalue weighted by Crippen LogP contribution is -2.57. The summed E-state index contributed by atoms with van der Waals surface area (Å²) in [7, 11) is -3.83. The van der Waals surface area contributed by atoms with Crippen molar-refractivity contribution in [2.75, 3.05) is 12.3 Å². The highest BCUT2D eigenvalue weighted by Gasteiger charge is 2.61. The van der Waals surface area contributed by atoms with Crippen LogP contribution in [0.15, 0.2) is 12.2 Å². The quantitative estimate of drug-likeness (QED) is 0.448. The monoisotopic (exact) mass is 512 g/mol. The van der Waals surface area contributed by atoms with Gasteiger partial charge in [-0.3, -0.25) is 19.1 Å². The maximum Gasteiger partial charge on any atom is 0.405 e. The lowest BCUT2D eigenvalue weighted by atomic mass is 10.1. The fraction of sp³-hybridized carbons (Fsp3) is 0.739. The van der Waals surface area contributed by atoms with E-state index in [1.54, 1.807) is 0 Å². The molecule has 4 unspecified atom stereocenters. The van der Waals surface area contributed by atoms with Crippen LogP contribution in [0.5, 0.6) is 0 Å². The number of carbonyl (C=O) groups excluding carboxylic acids is 4. The van der Waals surface area contributed by atoms with Crippen molar-refractivity contribution in [3.63, 3.8) is 0 Å². The van der Waals surface area contributed by atoms with Gasteiger partial charge >= 0.3 is 6.09 Å². The summed E-state index contributed by atoms with van der Waals surface area (Å²) in [4.78, 5) is 52.4. The number of carbonyl (C=O) groups is 4. The van der Waals surface area contributed by atoms with Gasteiger partial charge in [-0.15, -0.1) is 0 Å². The van der Waals surface area contributed by atoms with Crippen LogP contribution in [0.2, 0.25) is 0 Å². The van der Waals surface area contributed by atoms with Crippen molar-refractivity contribution >= 4 is 33.8 Å². The van der Waals surface area contributed by atoms with Crippen LogP contribution in [0.25, 0.3) is 0 Å². The fourth-order valence-corrected chi connectivity index (χ4v) is 6.03. The molecule has 3 aliphatic rings. The van der Waals surface area contributed by atoms with E-state index in [-0.39, 0.29) is 18.1 Å². The number of nitrogens with zero attached hydrogens (tertiary/aromatic N) is 1. The van der Waals surface area contributed by atoms with Crippen LogP contribution in [0, 0.1) is 5.92 Å². The number of sulfonamides is 1. The summed E-state index contributed by atoms with van der Waals surface area (Å²) in [5.74, 6) is -2.28. The van der Waals surface area contributed by atoms with Crippen LogP contribution in [0.3, 0.4) is 0 Å². The maximum absolute atomic E-state index is 13.3. The standard InChI is InChI=1S/C23H36N4O7S/c1-2-3-14-35(32,33)26-21(30)23-15-16(23)10-7-5-4-6-8-12-18(34-22(24)31)20(29)27-13-9-11-17(27)19(28)25-23/h7,10,16-18H,2-6,8-9,11-15H2,1H3,(H2,24,31)(H,25,28)(H,26,30)/b10-7+. The molecule has 0 aromatic rings. The third kappa shape index (κ3) is 6.74. The average molecular weight is 513 g/mol. The number of nitrogens with one attached hydrogen (secondary N) is 2. The Morgan fingerprint density at radius 3 is 2.71 bits per heavy atom. The largest absolute Gasteiger partial charge is 0.436 e. The van der Waals surface area contributed by atoms with E-state index < -0.39 is 51.5 Å². The van der Waals surface area contributed by atoms with Crippen molar-refractivity contribution in [1.29, 1.82) is 0 Å². The molecule has 0 bridgehead atoms. The first kappa shape index (κ1) is 27.0. The summed E-state index contributed by atoms with van der Waals surface area (Å²) in [5.41, 5.74) is 3.79.